The molecular weight excluding hydrogens is 1030 g/mol. The third-order valence-corrected chi connectivity index (χ3v) is 2.67. The van der Waals surface area contributed by atoms with E-state index in [0.29, 0.717) is 0 Å². The van der Waals surface area contributed by atoms with Crippen LogP contribution in [0.5, 0.6) is 0 Å². The normalized spacial score (nSPS) is 13.0. The molecule has 50 heavy (non-hydrogen) atoms. The summed E-state index contributed by atoms with van der Waals surface area (Å²) in [5.41, 5.74) is 0. The van der Waals surface area contributed by atoms with Crippen LogP contribution in [0.4, 0.5) is 0 Å². The van der Waals surface area contributed by atoms with E-state index in [1.54, 1.807) is 0 Å². The standard InChI is InChI=1S/2C8H12.8C2H4O2.2Pt/c2*1-2-4-6-8-7-5-3-1;8*1-2(3)4;;/h2*1-2,7-8H,3-6H2;8*1H3,(H,3,4);;/q;;;;;;;;;;2*+4/p-8/b2*2-1-,8-7-;;;;;;;;;;. The topological polar surface area (TPSA) is 321 Å². The average Bonchev–Trinajstić information content (AvgIpc) is 2.75. The molecule has 0 fully saturated rings. The molecule has 0 amide bonds. The maximum absolute atomic E-state index is 8.89. The van der Waals surface area contributed by atoms with Gasteiger partial charge in [0.2, 0.25) is 0 Å². The van der Waals surface area contributed by atoms with Gasteiger partial charge in [0.15, 0.2) is 0 Å². The molecule has 0 N–H and O–H groups in total. The molecule has 0 spiro atoms. The van der Waals surface area contributed by atoms with Crippen LogP contribution in [0.15, 0.2) is 48.6 Å². The van der Waals surface area contributed by atoms with E-state index in [4.69, 9.17) is 79.2 Å². The van der Waals surface area contributed by atoms with Gasteiger partial charge in [-0.3, -0.25) is 0 Å². The van der Waals surface area contributed by atoms with Gasteiger partial charge in [-0.25, -0.2) is 0 Å². The second kappa shape index (κ2) is 67.3. The molecule has 0 unspecified atom stereocenters. The van der Waals surface area contributed by atoms with Crippen LogP contribution < -0.4 is 40.9 Å². The summed E-state index contributed by atoms with van der Waals surface area (Å²) in [4.78, 5) is 71.1. The van der Waals surface area contributed by atoms with E-state index in [1.165, 1.54) is 51.4 Å². The SMILES string of the molecule is C1=C\CC/C=C\CC/1.C1=C\CC/C=C\CC/1.CC(=O)[O-].CC(=O)[O-].CC(=O)[O-].CC(=O)[O-].CC(=O)[O-].CC(=O)[O-].CC(=O)[O-].CC(=O)[O-].[Pt+4].[Pt+4]. The maximum atomic E-state index is 8.89. The summed E-state index contributed by atoms with van der Waals surface area (Å²) < 4.78 is 0. The second-order valence-corrected chi connectivity index (χ2v) is 8.13. The molecule has 2 aliphatic rings. The van der Waals surface area contributed by atoms with Crippen LogP contribution in [0.1, 0.15) is 107 Å². The predicted molar refractivity (Wildman–Crippen MR) is 159 cm³/mol. The van der Waals surface area contributed by atoms with Crippen molar-refractivity contribution in [3.8, 4) is 0 Å². The number of rotatable bonds is 0. The molecule has 0 atom stereocenters. The monoisotopic (exact) mass is 1080 g/mol. The first-order chi connectivity index (χ1) is 21.9. The van der Waals surface area contributed by atoms with E-state index in [-0.39, 0.29) is 42.1 Å². The Kier molecular flexibility index (Phi) is 96.8. The van der Waals surface area contributed by atoms with Crippen molar-refractivity contribution >= 4 is 47.8 Å². The summed E-state index contributed by atoms with van der Waals surface area (Å²) >= 11 is 0. The molecule has 0 aromatic rings. The number of hydrogen-bond donors (Lipinski definition) is 0. The fourth-order valence-electron chi connectivity index (χ4n) is 1.71. The molecule has 0 bridgehead atoms. The number of aliphatic carboxylic acids is 8. The molecule has 2 aliphatic carbocycles. The van der Waals surface area contributed by atoms with Crippen LogP contribution in [0.3, 0.4) is 0 Å². The molecule has 18 heteroatoms. The Labute approximate surface area is 323 Å². The molecule has 0 saturated heterocycles. The number of carboxylic acid groups (broad SMARTS) is 8. The van der Waals surface area contributed by atoms with Crippen molar-refractivity contribution < 1.29 is 121 Å². The van der Waals surface area contributed by atoms with Gasteiger partial charge in [-0.05, 0) is 107 Å². The van der Waals surface area contributed by atoms with E-state index in [2.05, 4.69) is 48.6 Å². The molecule has 0 aromatic heterocycles. The van der Waals surface area contributed by atoms with Crippen LogP contribution in [-0.4, -0.2) is 47.8 Å². The van der Waals surface area contributed by atoms with Gasteiger partial charge in [-0.1, -0.05) is 48.6 Å². The Morgan fingerprint density at radius 2 is 0.300 bits per heavy atom. The Balaban J connectivity index is -0.0000000451. The largest absolute Gasteiger partial charge is 4.00 e. The van der Waals surface area contributed by atoms with Gasteiger partial charge in [0.05, 0.1) is 0 Å². The minimum atomic E-state index is -1.08. The first kappa shape index (κ1) is 71.9. The third kappa shape index (κ3) is 560. The summed E-state index contributed by atoms with van der Waals surface area (Å²) in [6.45, 7) is 7.78. The minimum Gasteiger partial charge on any atom is -0.550 e. The first-order valence-corrected chi connectivity index (χ1v) is 13.9. The van der Waals surface area contributed by atoms with E-state index in [1.807, 2.05) is 0 Å². The zero-order valence-electron chi connectivity index (χ0n) is 29.4. The maximum Gasteiger partial charge on any atom is 4.00 e. The van der Waals surface area contributed by atoms with Crippen molar-refractivity contribution in [1.29, 1.82) is 0 Å². The number of carbonyl (C=O) groups excluding carboxylic acids is 8. The van der Waals surface area contributed by atoms with Gasteiger partial charge in [-0.2, -0.15) is 0 Å². The Morgan fingerprint density at radius 3 is 0.340 bits per heavy atom. The van der Waals surface area contributed by atoms with Crippen LogP contribution >= 0.6 is 0 Å². The van der Waals surface area contributed by atoms with Crippen molar-refractivity contribution in [3.05, 3.63) is 48.6 Å². The molecule has 0 radical (unpaired) electrons. The average molecular weight is 1080 g/mol. The van der Waals surface area contributed by atoms with Crippen molar-refractivity contribution in [1.82, 2.24) is 0 Å². The van der Waals surface area contributed by atoms with Crippen molar-refractivity contribution in [2.45, 2.75) is 107 Å². The molecule has 2 rings (SSSR count). The van der Waals surface area contributed by atoms with Gasteiger partial charge < -0.3 is 79.2 Å². The van der Waals surface area contributed by atoms with E-state index in [0.717, 1.165) is 55.4 Å². The van der Waals surface area contributed by atoms with Crippen LogP contribution in [0, 0.1) is 0 Å². The number of hydrogen-bond acceptors (Lipinski definition) is 16. The van der Waals surface area contributed by atoms with E-state index in [9.17, 15) is 0 Å². The van der Waals surface area contributed by atoms with Crippen LogP contribution in [0.2, 0.25) is 0 Å². The summed E-state index contributed by atoms with van der Waals surface area (Å²) in [6, 6.07) is 0. The fourth-order valence-corrected chi connectivity index (χ4v) is 1.71. The van der Waals surface area contributed by atoms with Gasteiger partial charge in [-0.15, -0.1) is 0 Å². The van der Waals surface area contributed by atoms with E-state index < -0.39 is 47.8 Å². The molecular formula is C32H48O16Pt2. The summed E-state index contributed by atoms with van der Waals surface area (Å²) in [5, 5.41) is 71.1. The number of carbonyl (C=O) groups is 8. The predicted octanol–water partition coefficient (Wildman–Crippen LogP) is -4.61. The van der Waals surface area contributed by atoms with Gasteiger partial charge in [0.25, 0.3) is 0 Å². The smallest absolute Gasteiger partial charge is 0.550 e. The van der Waals surface area contributed by atoms with Crippen LogP contribution in [-0.2, 0) is 80.5 Å². The van der Waals surface area contributed by atoms with Gasteiger partial charge >= 0.3 is 42.1 Å². The van der Waals surface area contributed by atoms with Crippen molar-refractivity contribution in [3.63, 3.8) is 0 Å². The summed E-state index contributed by atoms with van der Waals surface area (Å²) in [7, 11) is 0. The van der Waals surface area contributed by atoms with Gasteiger partial charge in [0.1, 0.15) is 0 Å². The molecule has 0 aromatic carbocycles. The Morgan fingerprint density at radius 1 is 0.260 bits per heavy atom. The third-order valence-electron chi connectivity index (χ3n) is 2.67. The molecule has 0 saturated carbocycles. The zero-order valence-corrected chi connectivity index (χ0v) is 34.0. The van der Waals surface area contributed by atoms with Crippen molar-refractivity contribution in [2.75, 3.05) is 0 Å². The number of carboxylic acids is 8. The van der Waals surface area contributed by atoms with Gasteiger partial charge in [0, 0.05) is 47.8 Å². The summed E-state index contributed by atoms with van der Waals surface area (Å²) in [5.74, 6) is -8.67. The molecule has 0 aliphatic heterocycles. The van der Waals surface area contributed by atoms with Crippen LogP contribution in [0.25, 0.3) is 0 Å². The summed E-state index contributed by atoms with van der Waals surface area (Å²) in [6.07, 6.45) is 28.0. The molecule has 16 nitrogen and oxygen atoms in total. The Bertz CT molecular complexity index is 702. The Hall–Kier alpha value is -3.90. The first-order valence-electron chi connectivity index (χ1n) is 13.9. The second-order valence-electron chi connectivity index (χ2n) is 8.13. The molecule has 0 heterocycles. The quantitative estimate of drug-likeness (QED) is 0.206. The van der Waals surface area contributed by atoms with Crippen molar-refractivity contribution in [2.24, 2.45) is 0 Å². The number of allylic oxidation sites excluding steroid dienone is 8. The van der Waals surface area contributed by atoms with E-state index >= 15 is 0 Å². The fraction of sp³-hybridized carbons (Fsp3) is 0.500. The zero-order chi connectivity index (χ0) is 39.9. The molecule has 292 valence electrons. The minimum absolute atomic E-state index is 0.